The molecule has 0 bridgehead atoms. The highest BCUT2D eigenvalue weighted by Gasteiger charge is 2.20. The van der Waals surface area contributed by atoms with Gasteiger partial charge in [0.25, 0.3) is 0 Å². The van der Waals surface area contributed by atoms with Crippen molar-refractivity contribution in [1.82, 2.24) is 0 Å². The van der Waals surface area contributed by atoms with E-state index in [-0.39, 0.29) is 0 Å². The lowest BCUT2D eigenvalue weighted by molar-refractivity contribution is 0.282. The molecule has 1 aliphatic rings. The highest BCUT2D eigenvalue weighted by atomic mass is 16.6. The molecule has 0 amide bonds. The number of ether oxygens (including phenoxy) is 1. The van der Waals surface area contributed by atoms with Crippen LogP contribution in [0.25, 0.3) is 0 Å². The fraction of sp³-hybridized carbons (Fsp3) is 1.00. The summed E-state index contributed by atoms with van der Waals surface area (Å²) in [5.74, 6) is 0. The summed E-state index contributed by atoms with van der Waals surface area (Å²) in [6, 6.07) is 0. The highest BCUT2D eigenvalue weighted by Crippen LogP contribution is 2.18. The first-order valence-electron chi connectivity index (χ1n) is 5.66. The molecule has 1 saturated heterocycles. The standard InChI is InChI=1S/C11H22O2/c12-9-7-5-3-1-2-4-6-8-11-10-13-11/h11-12H,1-10H2. The van der Waals surface area contributed by atoms with E-state index in [1.807, 2.05) is 0 Å². The van der Waals surface area contributed by atoms with Crippen molar-refractivity contribution >= 4 is 0 Å². The number of hydrogen-bond acceptors (Lipinski definition) is 2. The van der Waals surface area contributed by atoms with Crippen molar-refractivity contribution in [2.75, 3.05) is 13.2 Å². The quantitative estimate of drug-likeness (QED) is 0.443. The first kappa shape index (κ1) is 11.0. The average Bonchev–Trinajstić information content (AvgIpc) is 2.93. The van der Waals surface area contributed by atoms with Gasteiger partial charge in [0.2, 0.25) is 0 Å². The maximum Gasteiger partial charge on any atom is 0.0810 e. The lowest BCUT2D eigenvalue weighted by Gasteiger charge is -1.99. The van der Waals surface area contributed by atoms with E-state index in [0.717, 1.165) is 13.0 Å². The molecular formula is C11H22O2. The Morgan fingerprint density at radius 1 is 0.923 bits per heavy atom. The Morgan fingerprint density at radius 3 is 2.00 bits per heavy atom. The van der Waals surface area contributed by atoms with Crippen LogP contribution in [0, 0.1) is 0 Å². The van der Waals surface area contributed by atoms with Crippen LogP contribution in [0.5, 0.6) is 0 Å². The van der Waals surface area contributed by atoms with Crippen LogP contribution in [0.2, 0.25) is 0 Å². The molecule has 1 rings (SSSR count). The summed E-state index contributed by atoms with van der Waals surface area (Å²) in [5.41, 5.74) is 0. The van der Waals surface area contributed by atoms with E-state index in [2.05, 4.69) is 0 Å². The molecule has 1 unspecified atom stereocenters. The zero-order valence-electron chi connectivity index (χ0n) is 8.50. The molecule has 2 heteroatoms. The number of rotatable bonds is 9. The lowest BCUT2D eigenvalue weighted by Crippen LogP contribution is -1.86. The molecule has 1 aliphatic heterocycles. The van der Waals surface area contributed by atoms with E-state index < -0.39 is 0 Å². The van der Waals surface area contributed by atoms with Crippen molar-refractivity contribution in [3.63, 3.8) is 0 Å². The second-order valence-electron chi connectivity index (χ2n) is 3.94. The lowest BCUT2D eigenvalue weighted by atomic mass is 10.1. The monoisotopic (exact) mass is 186 g/mol. The summed E-state index contributed by atoms with van der Waals surface area (Å²) < 4.78 is 5.14. The van der Waals surface area contributed by atoms with Crippen LogP contribution in [-0.2, 0) is 4.74 Å². The summed E-state index contributed by atoms with van der Waals surface area (Å²) in [5, 5.41) is 8.56. The van der Waals surface area contributed by atoms with Gasteiger partial charge in [0.1, 0.15) is 0 Å². The highest BCUT2D eigenvalue weighted by molar-refractivity contribution is 4.68. The van der Waals surface area contributed by atoms with Crippen LogP contribution in [-0.4, -0.2) is 24.4 Å². The minimum Gasteiger partial charge on any atom is -0.396 e. The van der Waals surface area contributed by atoms with Crippen LogP contribution in [0.1, 0.15) is 51.4 Å². The summed E-state index contributed by atoms with van der Waals surface area (Å²) >= 11 is 0. The van der Waals surface area contributed by atoms with Crippen LogP contribution >= 0.6 is 0 Å². The predicted octanol–water partition coefficient (Wildman–Crippen LogP) is 2.50. The summed E-state index contributed by atoms with van der Waals surface area (Å²) in [7, 11) is 0. The Bertz CT molecular complexity index is 111. The summed E-state index contributed by atoms with van der Waals surface area (Å²) in [4.78, 5) is 0. The molecule has 0 aromatic rings. The van der Waals surface area contributed by atoms with Gasteiger partial charge in [0.05, 0.1) is 12.7 Å². The summed E-state index contributed by atoms with van der Waals surface area (Å²) in [6.45, 7) is 1.37. The van der Waals surface area contributed by atoms with E-state index in [1.54, 1.807) is 0 Å². The zero-order valence-corrected chi connectivity index (χ0v) is 8.50. The molecule has 0 aromatic carbocycles. The van der Waals surface area contributed by atoms with Crippen molar-refractivity contribution < 1.29 is 9.84 Å². The molecule has 2 nitrogen and oxygen atoms in total. The molecular weight excluding hydrogens is 164 g/mol. The molecule has 0 aromatic heterocycles. The third-order valence-electron chi connectivity index (χ3n) is 2.59. The third kappa shape index (κ3) is 7.03. The van der Waals surface area contributed by atoms with Gasteiger partial charge in [-0.3, -0.25) is 0 Å². The van der Waals surface area contributed by atoms with Gasteiger partial charge in [0.15, 0.2) is 0 Å². The molecule has 1 fully saturated rings. The first-order chi connectivity index (χ1) is 6.43. The second-order valence-corrected chi connectivity index (χ2v) is 3.94. The van der Waals surface area contributed by atoms with Crippen molar-refractivity contribution in [2.45, 2.75) is 57.5 Å². The fourth-order valence-corrected chi connectivity index (χ4v) is 1.60. The minimum absolute atomic E-state index is 0.360. The molecule has 0 radical (unpaired) electrons. The largest absolute Gasteiger partial charge is 0.396 e. The summed E-state index contributed by atoms with van der Waals surface area (Å²) in [6.07, 6.45) is 10.8. The Balaban J connectivity index is 1.63. The van der Waals surface area contributed by atoms with E-state index in [0.29, 0.717) is 12.7 Å². The van der Waals surface area contributed by atoms with Crippen LogP contribution < -0.4 is 0 Å². The van der Waals surface area contributed by atoms with Gasteiger partial charge in [-0.25, -0.2) is 0 Å². The Kier molecular flexibility index (Phi) is 6.21. The number of hydrogen-bond donors (Lipinski definition) is 1. The number of aliphatic hydroxyl groups excluding tert-OH is 1. The van der Waals surface area contributed by atoms with E-state index in [9.17, 15) is 0 Å². The molecule has 1 N–H and O–H groups in total. The molecule has 13 heavy (non-hydrogen) atoms. The average molecular weight is 186 g/mol. The van der Waals surface area contributed by atoms with Gasteiger partial charge < -0.3 is 9.84 Å². The van der Waals surface area contributed by atoms with Gasteiger partial charge in [0, 0.05) is 6.61 Å². The van der Waals surface area contributed by atoms with Crippen LogP contribution in [0.15, 0.2) is 0 Å². The van der Waals surface area contributed by atoms with E-state index in [4.69, 9.17) is 9.84 Å². The van der Waals surface area contributed by atoms with Crippen molar-refractivity contribution in [3.8, 4) is 0 Å². The number of aliphatic hydroxyl groups is 1. The number of unbranched alkanes of at least 4 members (excludes halogenated alkanes) is 6. The van der Waals surface area contributed by atoms with Crippen molar-refractivity contribution in [1.29, 1.82) is 0 Å². The van der Waals surface area contributed by atoms with Gasteiger partial charge in [-0.05, 0) is 12.8 Å². The molecule has 78 valence electrons. The third-order valence-corrected chi connectivity index (χ3v) is 2.59. The minimum atomic E-state index is 0.360. The van der Waals surface area contributed by atoms with Crippen molar-refractivity contribution in [2.24, 2.45) is 0 Å². The van der Waals surface area contributed by atoms with Crippen molar-refractivity contribution in [3.05, 3.63) is 0 Å². The topological polar surface area (TPSA) is 32.8 Å². The van der Waals surface area contributed by atoms with Crippen LogP contribution in [0.3, 0.4) is 0 Å². The Morgan fingerprint density at radius 2 is 1.46 bits per heavy atom. The second kappa shape index (κ2) is 7.34. The van der Waals surface area contributed by atoms with Crippen LogP contribution in [0.4, 0.5) is 0 Å². The zero-order chi connectivity index (χ0) is 9.36. The smallest absolute Gasteiger partial charge is 0.0810 e. The predicted molar refractivity (Wildman–Crippen MR) is 53.8 cm³/mol. The Hall–Kier alpha value is -0.0800. The molecule has 0 aliphatic carbocycles. The van der Waals surface area contributed by atoms with E-state index >= 15 is 0 Å². The van der Waals surface area contributed by atoms with E-state index in [1.165, 1.54) is 44.9 Å². The van der Waals surface area contributed by atoms with Gasteiger partial charge in [-0.15, -0.1) is 0 Å². The Labute approximate surface area is 81.3 Å². The first-order valence-corrected chi connectivity index (χ1v) is 5.66. The molecule has 0 saturated carbocycles. The number of epoxide rings is 1. The SMILES string of the molecule is OCCCCCCCCCC1CO1. The maximum atomic E-state index is 8.56. The van der Waals surface area contributed by atoms with Gasteiger partial charge >= 0.3 is 0 Å². The molecule has 1 heterocycles. The van der Waals surface area contributed by atoms with Gasteiger partial charge in [-0.2, -0.15) is 0 Å². The maximum absolute atomic E-state index is 8.56. The molecule has 1 atom stereocenters. The normalized spacial score (nSPS) is 20.5. The van der Waals surface area contributed by atoms with Gasteiger partial charge in [-0.1, -0.05) is 38.5 Å². The molecule has 0 spiro atoms. The fourth-order valence-electron chi connectivity index (χ4n) is 1.60.